The van der Waals surface area contributed by atoms with Gasteiger partial charge in [0.25, 0.3) is 0 Å². The highest BCUT2D eigenvalue weighted by atomic mass is 16.5. The highest BCUT2D eigenvalue weighted by Crippen LogP contribution is 2.29. The van der Waals surface area contributed by atoms with Crippen molar-refractivity contribution in [2.75, 3.05) is 13.7 Å². The first kappa shape index (κ1) is 27.6. The van der Waals surface area contributed by atoms with Gasteiger partial charge in [0, 0.05) is 0 Å². The van der Waals surface area contributed by atoms with Crippen molar-refractivity contribution in [1.29, 1.82) is 0 Å². The maximum Gasteiger partial charge on any atom is 0.161 e. The molecule has 0 aromatic heterocycles. The zero-order valence-electron chi connectivity index (χ0n) is 21.3. The van der Waals surface area contributed by atoms with Gasteiger partial charge in [0.2, 0.25) is 0 Å². The molecule has 1 aliphatic rings. The summed E-state index contributed by atoms with van der Waals surface area (Å²) in [6.45, 7) is 19.1. The topological polar surface area (TPSA) is 18.5 Å². The predicted molar refractivity (Wildman–Crippen MR) is 141 cm³/mol. The molecule has 1 aromatic rings. The summed E-state index contributed by atoms with van der Waals surface area (Å²) in [4.78, 5) is 0. The summed E-state index contributed by atoms with van der Waals surface area (Å²) < 4.78 is 11.2. The van der Waals surface area contributed by atoms with Crippen molar-refractivity contribution in [1.82, 2.24) is 0 Å². The second-order valence-electron chi connectivity index (χ2n) is 9.03. The molecule has 2 nitrogen and oxygen atoms in total. The van der Waals surface area contributed by atoms with Crippen LogP contribution in [0.25, 0.3) is 0 Å². The molecule has 0 radical (unpaired) electrons. The number of allylic oxidation sites excluding steroid dienone is 7. The second kappa shape index (κ2) is 15.3. The molecular weight excluding hydrogens is 392 g/mol. The van der Waals surface area contributed by atoms with Crippen LogP contribution in [0.15, 0.2) is 78.0 Å². The van der Waals surface area contributed by atoms with Gasteiger partial charge in [-0.05, 0) is 103 Å². The Balaban J connectivity index is 0.000000425. The molecule has 2 rings (SSSR count). The molecule has 0 unspecified atom stereocenters. The Morgan fingerprint density at radius 1 is 1.12 bits per heavy atom. The quantitative estimate of drug-likeness (QED) is 0.341. The fourth-order valence-corrected chi connectivity index (χ4v) is 3.50. The van der Waals surface area contributed by atoms with Crippen molar-refractivity contribution in [2.24, 2.45) is 5.92 Å². The fourth-order valence-electron chi connectivity index (χ4n) is 3.50. The Labute approximate surface area is 197 Å². The lowest BCUT2D eigenvalue weighted by molar-refractivity contribution is 0.325. The van der Waals surface area contributed by atoms with Crippen molar-refractivity contribution in [3.8, 4) is 11.5 Å². The number of hydrogen-bond acceptors (Lipinski definition) is 2. The average molecular weight is 437 g/mol. The number of methoxy groups -OCH3 is 1. The number of hydrogen-bond donors (Lipinski definition) is 0. The monoisotopic (exact) mass is 436 g/mol. The van der Waals surface area contributed by atoms with E-state index in [-0.39, 0.29) is 0 Å². The van der Waals surface area contributed by atoms with Gasteiger partial charge in [-0.3, -0.25) is 0 Å². The van der Waals surface area contributed by atoms with Crippen LogP contribution in [0.2, 0.25) is 0 Å². The lowest BCUT2D eigenvalue weighted by atomic mass is 9.86. The summed E-state index contributed by atoms with van der Waals surface area (Å²) >= 11 is 0. The third-order valence-electron chi connectivity index (χ3n) is 5.70. The van der Waals surface area contributed by atoms with E-state index < -0.39 is 0 Å². The van der Waals surface area contributed by atoms with Gasteiger partial charge in [0.1, 0.15) is 6.61 Å². The van der Waals surface area contributed by atoms with Gasteiger partial charge in [-0.25, -0.2) is 0 Å². The molecule has 0 fully saturated rings. The summed E-state index contributed by atoms with van der Waals surface area (Å²) in [7, 11) is 1.67. The summed E-state index contributed by atoms with van der Waals surface area (Å²) in [6.07, 6.45) is 15.4. The normalized spacial score (nSPS) is 15.6. The minimum atomic E-state index is 0.567. The van der Waals surface area contributed by atoms with Crippen LogP contribution in [0.5, 0.6) is 11.5 Å². The van der Waals surface area contributed by atoms with Crippen LogP contribution in [0, 0.1) is 5.92 Å². The average Bonchev–Trinajstić information content (AvgIpc) is 2.75. The van der Waals surface area contributed by atoms with Crippen LogP contribution in [0.1, 0.15) is 72.3 Å². The zero-order valence-corrected chi connectivity index (χ0v) is 21.3. The van der Waals surface area contributed by atoms with Gasteiger partial charge < -0.3 is 9.47 Å². The Kier molecular flexibility index (Phi) is 13.2. The summed E-state index contributed by atoms with van der Waals surface area (Å²) in [6, 6.07) is 6.01. The molecule has 0 aliphatic heterocycles. The van der Waals surface area contributed by atoms with Gasteiger partial charge in [-0.1, -0.05) is 53.2 Å². The molecule has 0 heterocycles. The molecule has 0 amide bonds. The number of ether oxygens (including phenoxy) is 2. The predicted octanol–water partition coefficient (Wildman–Crippen LogP) is 8.80. The van der Waals surface area contributed by atoms with E-state index in [4.69, 9.17) is 9.47 Å². The van der Waals surface area contributed by atoms with Gasteiger partial charge in [-0.2, -0.15) is 0 Å². The van der Waals surface area contributed by atoms with Crippen LogP contribution in [-0.2, 0) is 6.42 Å². The minimum Gasteiger partial charge on any atom is -0.493 e. The van der Waals surface area contributed by atoms with E-state index >= 15 is 0 Å². The van der Waals surface area contributed by atoms with Crippen molar-refractivity contribution in [2.45, 2.75) is 73.1 Å². The van der Waals surface area contributed by atoms with E-state index in [0.29, 0.717) is 6.61 Å². The van der Waals surface area contributed by atoms with E-state index in [2.05, 4.69) is 66.0 Å². The molecular formula is C30H44O2. The SMILES string of the molecule is C=C(C)[C@H]1CC=C(C)CC1.C=CCc1ccc(OC/C=C(\C)CCC=C(C)C)c(OC)c1. The van der Waals surface area contributed by atoms with Gasteiger partial charge >= 0.3 is 0 Å². The van der Waals surface area contributed by atoms with Crippen LogP contribution in [0.3, 0.4) is 0 Å². The first-order valence-electron chi connectivity index (χ1n) is 11.8. The summed E-state index contributed by atoms with van der Waals surface area (Å²) in [5.41, 5.74) is 6.79. The standard InChI is InChI=1S/C20H28O2.C10H16/c1-6-8-18-11-12-19(20(15-18)21-5)22-14-13-17(4)10-7-9-16(2)3;1-8(2)10-6-4-9(3)5-7-10/h6,9,11-13,15H,1,7-8,10,14H2,2-5H3;4,10H,1,5-7H2,2-3H3/b17-13+;/t;10-/m.0/s1. The Morgan fingerprint density at radius 3 is 2.44 bits per heavy atom. The molecule has 1 atom stereocenters. The Hall–Kier alpha value is -2.48. The fraction of sp³-hybridized carbons (Fsp3) is 0.467. The van der Waals surface area contributed by atoms with Crippen LogP contribution in [0.4, 0.5) is 0 Å². The van der Waals surface area contributed by atoms with Crippen LogP contribution < -0.4 is 9.47 Å². The maximum atomic E-state index is 5.82. The van der Waals surface area contributed by atoms with Gasteiger partial charge in [-0.15, -0.1) is 6.58 Å². The van der Waals surface area contributed by atoms with E-state index in [0.717, 1.165) is 36.7 Å². The summed E-state index contributed by atoms with van der Waals surface area (Å²) in [5.74, 6) is 2.32. The van der Waals surface area contributed by atoms with Crippen molar-refractivity contribution in [3.63, 3.8) is 0 Å². The third kappa shape index (κ3) is 11.2. The first-order chi connectivity index (χ1) is 15.3. The maximum absolute atomic E-state index is 5.82. The number of rotatable bonds is 10. The molecule has 176 valence electrons. The smallest absolute Gasteiger partial charge is 0.161 e. The molecule has 0 saturated heterocycles. The van der Waals surface area contributed by atoms with Crippen LogP contribution in [-0.4, -0.2) is 13.7 Å². The van der Waals surface area contributed by atoms with E-state index in [1.807, 2.05) is 24.3 Å². The summed E-state index contributed by atoms with van der Waals surface area (Å²) in [5, 5.41) is 0. The third-order valence-corrected chi connectivity index (χ3v) is 5.70. The molecule has 0 saturated carbocycles. The molecule has 1 aliphatic carbocycles. The van der Waals surface area contributed by atoms with Crippen LogP contribution >= 0.6 is 0 Å². The van der Waals surface area contributed by atoms with E-state index in [1.165, 1.54) is 41.5 Å². The number of benzene rings is 1. The Bertz CT molecular complexity index is 819. The van der Waals surface area contributed by atoms with Crippen molar-refractivity contribution in [3.05, 3.63) is 83.5 Å². The highest BCUT2D eigenvalue weighted by molar-refractivity contribution is 5.43. The largest absolute Gasteiger partial charge is 0.493 e. The Morgan fingerprint density at radius 2 is 1.88 bits per heavy atom. The minimum absolute atomic E-state index is 0.567. The lowest BCUT2D eigenvalue weighted by Gasteiger charge is -2.19. The van der Waals surface area contributed by atoms with E-state index in [1.54, 1.807) is 12.7 Å². The lowest BCUT2D eigenvalue weighted by Crippen LogP contribution is -2.04. The molecule has 0 bridgehead atoms. The highest BCUT2D eigenvalue weighted by Gasteiger charge is 2.11. The molecule has 0 spiro atoms. The molecule has 2 heteroatoms. The van der Waals surface area contributed by atoms with Crippen molar-refractivity contribution < 1.29 is 9.47 Å². The molecule has 1 aromatic carbocycles. The molecule has 0 N–H and O–H groups in total. The van der Waals surface area contributed by atoms with E-state index in [9.17, 15) is 0 Å². The van der Waals surface area contributed by atoms with Crippen molar-refractivity contribution >= 4 is 0 Å². The second-order valence-corrected chi connectivity index (χ2v) is 9.03. The molecule has 32 heavy (non-hydrogen) atoms. The van der Waals surface area contributed by atoms with Gasteiger partial charge in [0.05, 0.1) is 7.11 Å². The first-order valence-corrected chi connectivity index (χ1v) is 11.8. The van der Waals surface area contributed by atoms with Gasteiger partial charge in [0.15, 0.2) is 11.5 Å². The zero-order chi connectivity index (χ0) is 23.9.